The van der Waals surface area contributed by atoms with Crippen molar-refractivity contribution in [3.8, 4) is 5.88 Å². The smallest absolute Gasteiger partial charge is 0.255 e. The summed E-state index contributed by atoms with van der Waals surface area (Å²) in [5, 5.41) is 3.04. The number of nitrogens with zero attached hydrogens (tertiary/aromatic N) is 3. The van der Waals surface area contributed by atoms with Crippen molar-refractivity contribution in [3.05, 3.63) is 12.0 Å². The van der Waals surface area contributed by atoms with E-state index >= 15 is 0 Å². The van der Waals surface area contributed by atoms with E-state index in [0.717, 1.165) is 25.5 Å². The Hall–Kier alpha value is -1.92. The maximum Gasteiger partial charge on any atom is 0.255 e. The Balaban J connectivity index is 1.88. The Morgan fingerprint density at radius 3 is 3.10 bits per heavy atom. The van der Waals surface area contributed by atoms with Crippen LogP contribution in [0.25, 0.3) is 0 Å². The summed E-state index contributed by atoms with van der Waals surface area (Å²) in [6.07, 6.45) is 3.99. The Morgan fingerprint density at radius 2 is 2.30 bits per heavy atom. The van der Waals surface area contributed by atoms with Gasteiger partial charge in [0.05, 0.1) is 19.2 Å². The van der Waals surface area contributed by atoms with Crippen molar-refractivity contribution in [3.63, 3.8) is 0 Å². The highest BCUT2D eigenvalue weighted by molar-refractivity contribution is 5.80. The van der Waals surface area contributed by atoms with Crippen molar-refractivity contribution in [1.82, 2.24) is 15.3 Å². The van der Waals surface area contributed by atoms with Crippen molar-refractivity contribution in [1.29, 1.82) is 0 Å². The maximum absolute atomic E-state index is 13.4. The van der Waals surface area contributed by atoms with Crippen molar-refractivity contribution >= 4 is 11.9 Å². The molecule has 2 aliphatic rings. The average molecular weight is 280 g/mol. The first-order chi connectivity index (χ1) is 9.67. The topological polar surface area (TPSA) is 67.3 Å². The quantitative estimate of drug-likeness (QED) is 0.865. The number of ether oxygens (including phenoxy) is 1. The minimum Gasteiger partial charge on any atom is -0.479 e. The molecule has 1 N–H and O–H groups in total. The van der Waals surface area contributed by atoms with Crippen LogP contribution in [0.1, 0.15) is 19.3 Å². The van der Waals surface area contributed by atoms with Gasteiger partial charge in [0.15, 0.2) is 0 Å². The van der Waals surface area contributed by atoms with Crippen LogP contribution in [0, 0.1) is 11.7 Å². The lowest BCUT2D eigenvalue weighted by molar-refractivity contribution is -0.124. The molecule has 0 saturated carbocycles. The van der Waals surface area contributed by atoms with E-state index in [1.165, 1.54) is 7.11 Å². The summed E-state index contributed by atoms with van der Waals surface area (Å²) in [6.45, 7) is 1.22. The first-order valence-electron chi connectivity index (χ1n) is 6.79. The van der Waals surface area contributed by atoms with E-state index < -0.39 is 5.82 Å². The summed E-state index contributed by atoms with van der Waals surface area (Å²) in [6, 6.07) is 0.106. The fourth-order valence-electron chi connectivity index (χ4n) is 2.85. The summed E-state index contributed by atoms with van der Waals surface area (Å²) in [5.74, 6) is -0.188. The van der Waals surface area contributed by atoms with Gasteiger partial charge >= 0.3 is 0 Å². The molecule has 2 fully saturated rings. The Kier molecular flexibility index (Phi) is 3.42. The Labute approximate surface area is 116 Å². The van der Waals surface area contributed by atoms with E-state index in [0.29, 0.717) is 19.0 Å². The average Bonchev–Trinajstić information content (AvgIpc) is 2.68. The van der Waals surface area contributed by atoms with Gasteiger partial charge in [0.2, 0.25) is 17.7 Å². The molecule has 3 heterocycles. The molecular formula is C13H17FN4O2. The van der Waals surface area contributed by atoms with E-state index in [1.54, 1.807) is 0 Å². The van der Waals surface area contributed by atoms with Gasteiger partial charge in [-0.05, 0) is 12.8 Å². The van der Waals surface area contributed by atoms with Gasteiger partial charge in [-0.25, -0.2) is 4.98 Å². The zero-order valence-electron chi connectivity index (χ0n) is 11.3. The van der Waals surface area contributed by atoms with Crippen LogP contribution in [0.2, 0.25) is 0 Å². The van der Waals surface area contributed by atoms with E-state index in [9.17, 15) is 9.18 Å². The van der Waals surface area contributed by atoms with E-state index in [4.69, 9.17) is 4.74 Å². The van der Waals surface area contributed by atoms with Crippen LogP contribution in [0.15, 0.2) is 6.20 Å². The zero-order valence-corrected chi connectivity index (χ0v) is 11.3. The van der Waals surface area contributed by atoms with Crippen LogP contribution in [0.3, 0.4) is 0 Å². The lowest BCUT2D eigenvalue weighted by Crippen LogP contribution is -2.39. The lowest BCUT2D eigenvalue weighted by atomic mass is 9.99. The Bertz CT molecular complexity index is 525. The number of halogens is 1. The van der Waals surface area contributed by atoms with Crippen LogP contribution >= 0.6 is 0 Å². The molecule has 2 aliphatic heterocycles. The monoisotopic (exact) mass is 280 g/mol. The summed E-state index contributed by atoms with van der Waals surface area (Å²) < 4.78 is 18.3. The summed E-state index contributed by atoms with van der Waals surface area (Å²) >= 11 is 0. The van der Waals surface area contributed by atoms with Gasteiger partial charge in [0, 0.05) is 19.1 Å². The molecule has 0 spiro atoms. The summed E-state index contributed by atoms with van der Waals surface area (Å²) in [7, 11) is 1.37. The molecule has 0 unspecified atom stereocenters. The van der Waals surface area contributed by atoms with Gasteiger partial charge in [-0.3, -0.25) is 4.79 Å². The van der Waals surface area contributed by atoms with E-state index in [-0.39, 0.29) is 23.7 Å². The third kappa shape index (κ3) is 2.39. The van der Waals surface area contributed by atoms with Crippen molar-refractivity contribution < 1.29 is 13.9 Å². The highest BCUT2D eigenvalue weighted by Crippen LogP contribution is 2.25. The molecule has 2 atom stereocenters. The summed E-state index contributed by atoms with van der Waals surface area (Å²) in [4.78, 5) is 22.0. The van der Waals surface area contributed by atoms with Crippen LogP contribution < -0.4 is 15.0 Å². The normalized spacial score (nSPS) is 25.9. The van der Waals surface area contributed by atoms with Gasteiger partial charge < -0.3 is 15.0 Å². The van der Waals surface area contributed by atoms with Crippen LogP contribution in [0.5, 0.6) is 5.88 Å². The zero-order chi connectivity index (χ0) is 14.1. The van der Waals surface area contributed by atoms with Crippen molar-refractivity contribution in [2.75, 3.05) is 25.1 Å². The molecule has 7 heteroatoms. The number of hydrogen-bond acceptors (Lipinski definition) is 5. The van der Waals surface area contributed by atoms with Crippen LogP contribution in [-0.2, 0) is 4.79 Å². The van der Waals surface area contributed by atoms with Gasteiger partial charge in [-0.2, -0.15) is 9.37 Å². The maximum atomic E-state index is 13.4. The fraction of sp³-hybridized carbons (Fsp3) is 0.615. The molecule has 1 amide bonds. The highest BCUT2D eigenvalue weighted by Gasteiger charge is 2.33. The first kappa shape index (κ1) is 13.1. The molecule has 6 nitrogen and oxygen atoms in total. The molecule has 2 saturated heterocycles. The number of aromatic nitrogens is 2. The molecule has 1 aromatic heterocycles. The van der Waals surface area contributed by atoms with Gasteiger partial charge in [0.1, 0.15) is 0 Å². The minimum atomic E-state index is -0.583. The van der Waals surface area contributed by atoms with Gasteiger partial charge in [-0.1, -0.05) is 6.42 Å². The first-order valence-corrected chi connectivity index (χ1v) is 6.79. The summed E-state index contributed by atoms with van der Waals surface area (Å²) in [5.41, 5.74) is 0. The van der Waals surface area contributed by atoms with Crippen molar-refractivity contribution in [2.24, 2.45) is 5.92 Å². The number of carbonyl (C=O) groups is 1. The number of nitrogens with one attached hydrogen (secondary N) is 1. The number of hydrogen-bond donors (Lipinski definition) is 1. The SMILES string of the molecule is COc1nc(N2C[C@@H]3CCC[C@H](C2)C(=O)N3)ncc1F. The fourth-order valence-corrected chi connectivity index (χ4v) is 2.85. The Morgan fingerprint density at radius 1 is 1.45 bits per heavy atom. The molecular weight excluding hydrogens is 263 g/mol. The van der Waals surface area contributed by atoms with E-state index in [2.05, 4.69) is 15.3 Å². The van der Waals surface area contributed by atoms with Crippen LogP contribution in [0.4, 0.5) is 10.3 Å². The molecule has 0 radical (unpaired) electrons. The number of amides is 1. The second-order valence-corrected chi connectivity index (χ2v) is 5.27. The third-order valence-corrected chi connectivity index (χ3v) is 3.88. The molecule has 108 valence electrons. The number of anilines is 1. The lowest BCUT2D eigenvalue weighted by Gasteiger charge is -2.27. The van der Waals surface area contributed by atoms with Gasteiger partial charge in [0.25, 0.3) is 5.88 Å². The number of methoxy groups -OCH3 is 1. The predicted molar refractivity (Wildman–Crippen MR) is 70.0 cm³/mol. The van der Waals surface area contributed by atoms with Crippen molar-refractivity contribution in [2.45, 2.75) is 25.3 Å². The molecule has 3 rings (SSSR count). The largest absolute Gasteiger partial charge is 0.479 e. The minimum absolute atomic E-state index is 0.0536. The molecule has 1 aromatic rings. The predicted octanol–water partition coefficient (Wildman–Crippen LogP) is 0.729. The second-order valence-electron chi connectivity index (χ2n) is 5.27. The second kappa shape index (κ2) is 5.22. The number of rotatable bonds is 2. The molecule has 2 bridgehead atoms. The number of carbonyl (C=O) groups excluding carboxylic acids is 1. The third-order valence-electron chi connectivity index (χ3n) is 3.88. The molecule has 0 aromatic carbocycles. The number of fused-ring (bicyclic) bond motifs is 3. The van der Waals surface area contributed by atoms with Crippen LogP contribution in [-0.4, -0.2) is 42.1 Å². The standard InChI is InChI=1S/C13H17FN4O2/c1-20-12-10(14)5-15-13(17-12)18-6-8-3-2-4-9(7-18)16-11(8)19/h5,8-9H,2-4,6-7H2,1H3,(H,16,19)/t8-,9+/m1/s1. The molecule has 20 heavy (non-hydrogen) atoms. The van der Waals surface area contributed by atoms with E-state index in [1.807, 2.05) is 4.90 Å². The highest BCUT2D eigenvalue weighted by atomic mass is 19.1. The molecule has 0 aliphatic carbocycles. The van der Waals surface area contributed by atoms with Gasteiger partial charge in [-0.15, -0.1) is 0 Å².